The zero-order valence-corrected chi connectivity index (χ0v) is 18.2. The van der Waals surface area contributed by atoms with Gasteiger partial charge in [0.2, 0.25) is 5.89 Å². The van der Waals surface area contributed by atoms with Gasteiger partial charge in [0, 0.05) is 16.3 Å². The molecule has 9 heteroatoms. The minimum absolute atomic E-state index is 0.0480. The first-order valence-corrected chi connectivity index (χ1v) is 10.4. The molecule has 1 aromatic carbocycles. The SMILES string of the molecule is CC[C@@H](C)[C@H](NC(=O)OC(C)(C)C)c1nnc(SCc2c(F)cccc2Cl)o1. The van der Waals surface area contributed by atoms with Crippen LogP contribution in [0.3, 0.4) is 0 Å². The van der Waals surface area contributed by atoms with E-state index in [-0.39, 0.29) is 28.6 Å². The molecule has 2 aromatic rings. The molecule has 2 atom stereocenters. The van der Waals surface area contributed by atoms with E-state index < -0.39 is 17.7 Å². The molecular weight excluding hydrogens is 405 g/mol. The van der Waals surface area contributed by atoms with Gasteiger partial charge in [0.15, 0.2) is 0 Å². The molecule has 6 nitrogen and oxygen atoms in total. The monoisotopic (exact) mass is 429 g/mol. The Morgan fingerprint density at radius 2 is 2.11 bits per heavy atom. The summed E-state index contributed by atoms with van der Waals surface area (Å²) in [6.07, 6.45) is 0.235. The van der Waals surface area contributed by atoms with Gasteiger partial charge in [-0.2, -0.15) is 0 Å². The Hall–Kier alpha value is -1.80. The lowest BCUT2D eigenvalue weighted by Gasteiger charge is -2.24. The molecule has 0 unspecified atom stereocenters. The van der Waals surface area contributed by atoms with Crippen LogP contribution in [0.4, 0.5) is 9.18 Å². The van der Waals surface area contributed by atoms with Gasteiger partial charge in [0.1, 0.15) is 17.5 Å². The number of amides is 1. The predicted molar refractivity (Wildman–Crippen MR) is 107 cm³/mol. The first-order chi connectivity index (χ1) is 13.1. The molecule has 1 heterocycles. The summed E-state index contributed by atoms with van der Waals surface area (Å²) in [7, 11) is 0. The van der Waals surface area contributed by atoms with E-state index in [0.29, 0.717) is 10.6 Å². The van der Waals surface area contributed by atoms with Gasteiger partial charge in [0.25, 0.3) is 5.22 Å². The second-order valence-corrected chi connectivity index (χ2v) is 8.74. The van der Waals surface area contributed by atoms with Crippen LogP contribution in [0.2, 0.25) is 5.02 Å². The summed E-state index contributed by atoms with van der Waals surface area (Å²) < 4.78 is 24.9. The molecule has 0 fully saturated rings. The maximum Gasteiger partial charge on any atom is 0.408 e. The topological polar surface area (TPSA) is 77.2 Å². The van der Waals surface area contributed by atoms with Crippen LogP contribution in [0.1, 0.15) is 58.5 Å². The number of rotatable bonds is 7. The van der Waals surface area contributed by atoms with Gasteiger partial charge in [-0.15, -0.1) is 10.2 Å². The van der Waals surface area contributed by atoms with E-state index in [9.17, 15) is 9.18 Å². The molecule has 1 amide bonds. The third-order valence-corrected chi connectivity index (χ3v) is 5.17. The highest BCUT2D eigenvalue weighted by atomic mass is 35.5. The minimum atomic E-state index is -0.612. The second kappa shape index (κ2) is 9.60. The van der Waals surface area contributed by atoms with Crippen LogP contribution in [0.15, 0.2) is 27.8 Å². The van der Waals surface area contributed by atoms with E-state index in [1.165, 1.54) is 17.8 Å². The first-order valence-electron chi connectivity index (χ1n) is 8.99. The van der Waals surface area contributed by atoms with Crippen molar-refractivity contribution in [1.29, 1.82) is 0 Å². The van der Waals surface area contributed by atoms with Crippen molar-refractivity contribution in [2.45, 2.75) is 63.7 Å². The Morgan fingerprint density at radius 1 is 1.39 bits per heavy atom. The van der Waals surface area contributed by atoms with Gasteiger partial charge in [-0.3, -0.25) is 0 Å². The van der Waals surface area contributed by atoms with Crippen LogP contribution in [-0.2, 0) is 10.5 Å². The van der Waals surface area contributed by atoms with E-state index in [1.807, 2.05) is 13.8 Å². The number of thioether (sulfide) groups is 1. The number of halogens is 2. The maximum atomic E-state index is 13.9. The second-order valence-electron chi connectivity index (χ2n) is 7.40. The van der Waals surface area contributed by atoms with Gasteiger partial charge in [-0.05, 0) is 38.8 Å². The molecule has 0 bridgehead atoms. The summed E-state index contributed by atoms with van der Waals surface area (Å²) in [6, 6.07) is 4.04. The van der Waals surface area contributed by atoms with Gasteiger partial charge >= 0.3 is 6.09 Å². The summed E-state index contributed by atoms with van der Waals surface area (Å²) in [5.41, 5.74) is -0.238. The van der Waals surface area contributed by atoms with E-state index in [4.69, 9.17) is 20.8 Å². The van der Waals surface area contributed by atoms with Crippen LogP contribution < -0.4 is 5.32 Å². The summed E-state index contributed by atoms with van der Waals surface area (Å²) in [5, 5.41) is 11.5. The van der Waals surface area contributed by atoms with Crippen molar-refractivity contribution in [2.75, 3.05) is 0 Å². The average Bonchev–Trinajstić information content (AvgIpc) is 3.05. The van der Waals surface area contributed by atoms with Crippen LogP contribution in [0.5, 0.6) is 0 Å². The maximum absolute atomic E-state index is 13.9. The van der Waals surface area contributed by atoms with Crippen molar-refractivity contribution in [3.8, 4) is 0 Å². The summed E-state index contributed by atoms with van der Waals surface area (Å²) in [4.78, 5) is 12.2. The number of alkyl carbamates (subject to hydrolysis) is 1. The fourth-order valence-corrected chi connectivity index (χ4v) is 3.44. The number of aromatic nitrogens is 2. The van der Waals surface area contributed by atoms with Crippen LogP contribution in [-0.4, -0.2) is 21.9 Å². The zero-order chi connectivity index (χ0) is 20.9. The zero-order valence-electron chi connectivity index (χ0n) is 16.6. The molecule has 0 saturated heterocycles. The number of nitrogens with one attached hydrogen (secondary N) is 1. The number of carbonyl (C=O) groups excluding carboxylic acids is 1. The van der Waals surface area contributed by atoms with E-state index in [1.54, 1.807) is 32.9 Å². The van der Waals surface area contributed by atoms with Crippen molar-refractivity contribution in [3.63, 3.8) is 0 Å². The van der Waals surface area contributed by atoms with E-state index in [0.717, 1.165) is 6.42 Å². The van der Waals surface area contributed by atoms with E-state index in [2.05, 4.69) is 15.5 Å². The molecular formula is C19H25ClFN3O3S. The van der Waals surface area contributed by atoms with Gasteiger partial charge in [0.05, 0.1) is 0 Å². The van der Waals surface area contributed by atoms with Crippen molar-refractivity contribution >= 4 is 29.5 Å². The lowest BCUT2D eigenvalue weighted by atomic mass is 9.99. The predicted octanol–water partition coefficient (Wildman–Crippen LogP) is 5.77. The third-order valence-electron chi connectivity index (χ3n) is 3.98. The Morgan fingerprint density at radius 3 is 2.71 bits per heavy atom. The highest BCUT2D eigenvalue weighted by molar-refractivity contribution is 7.98. The van der Waals surface area contributed by atoms with Crippen molar-refractivity contribution < 1.29 is 18.3 Å². The summed E-state index contributed by atoms with van der Waals surface area (Å²) in [6.45, 7) is 9.35. The highest BCUT2D eigenvalue weighted by Crippen LogP contribution is 2.30. The largest absolute Gasteiger partial charge is 0.444 e. The van der Waals surface area contributed by atoms with Crippen molar-refractivity contribution in [3.05, 3.63) is 40.5 Å². The Kier molecular flexibility index (Phi) is 7.71. The normalized spacial score (nSPS) is 13.8. The van der Waals surface area contributed by atoms with Gasteiger partial charge < -0.3 is 14.5 Å². The standard InChI is InChI=1S/C19H25ClFN3O3S/c1-6-11(2)15(22-17(25)27-19(3,4)5)16-23-24-18(26-16)28-10-12-13(20)8-7-9-14(12)21/h7-9,11,15H,6,10H2,1-5H3,(H,22,25)/t11-,15+/m1/s1. The molecule has 0 aliphatic heterocycles. The summed E-state index contributed by atoms with van der Waals surface area (Å²) >= 11 is 7.22. The minimum Gasteiger partial charge on any atom is -0.444 e. The first kappa shape index (κ1) is 22.5. The van der Waals surface area contributed by atoms with Gasteiger partial charge in [-0.25, -0.2) is 9.18 Å². The molecule has 0 aliphatic carbocycles. The molecule has 2 rings (SSSR count). The number of carbonyl (C=O) groups is 1. The molecule has 0 aliphatic rings. The number of hydrogen-bond donors (Lipinski definition) is 1. The molecule has 28 heavy (non-hydrogen) atoms. The molecule has 1 N–H and O–H groups in total. The fraction of sp³-hybridized carbons (Fsp3) is 0.526. The molecule has 154 valence electrons. The van der Waals surface area contributed by atoms with E-state index >= 15 is 0 Å². The van der Waals surface area contributed by atoms with Crippen LogP contribution in [0.25, 0.3) is 0 Å². The highest BCUT2D eigenvalue weighted by Gasteiger charge is 2.28. The fourth-order valence-electron chi connectivity index (χ4n) is 2.33. The third kappa shape index (κ3) is 6.38. The Bertz CT molecular complexity index is 790. The quantitative estimate of drug-likeness (QED) is 0.563. The smallest absolute Gasteiger partial charge is 0.408 e. The Balaban J connectivity index is 2.10. The van der Waals surface area contributed by atoms with Gasteiger partial charge in [-0.1, -0.05) is 49.7 Å². The van der Waals surface area contributed by atoms with Crippen LogP contribution >= 0.6 is 23.4 Å². The molecule has 0 spiro atoms. The van der Waals surface area contributed by atoms with Crippen LogP contribution in [0, 0.1) is 11.7 Å². The number of hydrogen-bond acceptors (Lipinski definition) is 6. The lowest BCUT2D eigenvalue weighted by Crippen LogP contribution is -2.37. The molecule has 0 saturated carbocycles. The Labute approximate surface area is 173 Å². The average molecular weight is 430 g/mol. The van der Waals surface area contributed by atoms with Crippen molar-refractivity contribution in [1.82, 2.24) is 15.5 Å². The lowest BCUT2D eigenvalue weighted by molar-refractivity contribution is 0.0473. The molecule has 0 radical (unpaired) electrons. The van der Waals surface area contributed by atoms with Crippen molar-refractivity contribution in [2.24, 2.45) is 5.92 Å². The number of nitrogens with zero attached hydrogens (tertiary/aromatic N) is 2. The summed E-state index contributed by atoms with van der Waals surface area (Å²) in [5.74, 6) is 0.193. The number of ether oxygens (including phenoxy) is 1. The molecule has 1 aromatic heterocycles. The number of benzene rings is 1.